The normalized spacial score (nSPS) is 15.9. The summed E-state index contributed by atoms with van der Waals surface area (Å²) in [6.45, 7) is 2.13. The van der Waals surface area contributed by atoms with Gasteiger partial charge in [0.25, 0.3) is 0 Å². The zero-order chi connectivity index (χ0) is 13.5. The van der Waals surface area contributed by atoms with Crippen LogP contribution in [0.25, 0.3) is 11.1 Å². The van der Waals surface area contributed by atoms with Crippen molar-refractivity contribution >= 4 is 22.5 Å². The highest BCUT2D eigenvalue weighted by molar-refractivity contribution is 6.48. The number of benzene rings is 2. The number of aryl methyl sites for hydroxylation is 1. The van der Waals surface area contributed by atoms with Crippen LogP contribution in [-0.4, -0.2) is 5.71 Å². The van der Waals surface area contributed by atoms with Crippen LogP contribution in [0.5, 0.6) is 0 Å². The van der Waals surface area contributed by atoms with Gasteiger partial charge in [0.15, 0.2) is 0 Å². The monoisotopic (exact) mass is 257 g/mol. The number of aliphatic imine (C=N–C) groups is 1. The topological polar surface area (TPSA) is 12.4 Å². The number of hydrogen-bond donors (Lipinski definition) is 0. The Morgan fingerprint density at radius 1 is 0.900 bits per heavy atom. The van der Waals surface area contributed by atoms with E-state index >= 15 is 0 Å². The first-order valence-corrected chi connectivity index (χ1v) is 6.99. The molecule has 1 aliphatic carbocycles. The first-order valence-electron chi connectivity index (χ1n) is 6.99. The highest BCUT2D eigenvalue weighted by Gasteiger charge is 2.25. The van der Waals surface area contributed by atoms with Crippen molar-refractivity contribution in [2.45, 2.75) is 13.3 Å². The van der Waals surface area contributed by atoms with E-state index in [1.54, 1.807) is 0 Å². The average molecular weight is 257 g/mol. The van der Waals surface area contributed by atoms with Crippen molar-refractivity contribution in [2.75, 3.05) is 0 Å². The molecule has 1 heteroatoms. The molecule has 0 saturated carbocycles. The van der Waals surface area contributed by atoms with E-state index in [0.29, 0.717) is 0 Å². The second-order valence-corrected chi connectivity index (χ2v) is 5.32. The number of fused-ring (bicyclic) bond motifs is 3. The molecule has 20 heavy (non-hydrogen) atoms. The van der Waals surface area contributed by atoms with E-state index in [2.05, 4.69) is 67.6 Å². The predicted molar refractivity (Wildman–Crippen MR) is 85.3 cm³/mol. The van der Waals surface area contributed by atoms with Crippen LogP contribution >= 0.6 is 0 Å². The summed E-state index contributed by atoms with van der Waals surface area (Å²) in [5.74, 6) is 0. The summed E-state index contributed by atoms with van der Waals surface area (Å²) in [5, 5.41) is 0. The summed E-state index contributed by atoms with van der Waals surface area (Å²) >= 11 is 0. The Morgan fingerprint density at radius 3 is 2.55 bits per heavy atom. The number of nitrogens with zero attached hydrogens (tertiary/aromatic N) is 1. The first kappa shape index (κ1) is 11.4. The molecule has 0 atom stereocenters. The Kier molecular flexibility index (Phi) is 2.46. The van der Waals surface area contributed by atoms with Crippen LogP contribution in [0.2, 0.25) is 0 Å². The second-order valence-electron chi connectivity index (χ2n) is 5.32. The molecule has 0 fully saturated rings. The maximum Gasteiger partial charge on any atom is 0.0788 e. The maximum atomic E-state index is 4.85. The van der Waals surface area contributed by atoms with E-state index in [1.165, 1.54) is 27.8 Å². The molecular weight excluding hydrogens is 242 g/mol. The van der Waals surface area contributed by atoms with Crippen LogP contribution in [-0.2, 0) is 0 Å². The van der Waals surface area contributed by atoms with Gasteiger partial charge in [-0.25, -0.2) is 4.99 Å². The van der Waals surface area contributed by atoms with Crippen molar-refractivity contribution in [1.82, 2.24) is 0 Å². The Labute approximate surface area is 119 Å². The van der Waals surface area contributed by atoms with E-state index in [0.717, 1.165) is 17.8 Å². The van der Waals surface area contributed by atoms with Gasteiger partial charge in [0.2, 0.25) is 0 Å². The van der Waals surface area contributed by atoms with Crippen molar-refractivity contribution in [2.24, 2.45) is 4.99 Å². The number of hydrogen-bond acceptors (Lipinski definition) is 1. The molecule has 1 heterocycles. The minimum Gasteiger partial charge on any atom is -0.247 e. The van der Waals surface area contributed by atoms with Crippen molar-refractivity contribution in [1.29, 1.82) is 0 Å². The standard InChI is InChI=1S/C19H15N/c1-13-10-11-18-17(12-13)16-9-5-8-15(19(16)20-18)14-6-3-2-4-7-14/h2-4,6-12H,5H2,1H3. The predicted octanol–water partition coefficient (Wildman–Crippen LogP) is 4.95. The number of allylic oxidation sites excluding steroid dienone is 4. The molecular formula is C19H15N. The molecule has 0 unspecified atom stereocenters. The first-order chi connectivity index (χ1) is 9.83. The highest BCUT2D eigenvalue weighted by atomic mass is 14.8. The van der Waals surface area contributed by atoms with Crippen molar-refractivity contribution in [3.05, 3.63) is 77.4 Å². The average Bonchev–Trinajstić information content (AvgIpc) is 2.86. The molecule has 0 saturated heterocycles. The Balaban J connectivity index is 1.85. The van der Waals surface area contributed by atoms with Gasteiger partial charge in [-0.2, -0.15) is 0 Å². The Morgan fingerprint density at radius 2 is 1.70 bits per heavy atom. The van der Waals surface area contributed by atoms with Crippen LogP contribution in [0.3, 0.4) is 0 Å². The van der Waals surface area contributed by atoms with E-state index < -0.39 is 0 Å². The van der Waals surface area contributed by atoms with Crippen LogP contribution in [0.1, 0.15) is 23.1 Å². The lowest BCUT2D eigenvalue weighted by molar-refractivity contribution is 1.39. The van der Waals surface area contributed by atoms with Crippen LogP contribution in [0.4, 0.5) is 5.69 Å². The van der Waals surface area contributed by atoms with Crippen molar-refractivity contribution in [3.8, 4) is 0 Å². The summed E-state index contributed by atoms with van der Waals surface area (Å²) in [6, 6.07) is 17.0. The van der Waals surface area contributed by atoms with Gasteiger partial charge < -0.3 is 0 Å². The van der Waals surface area contributed by atoms with Crippen LogP contribution in [0.15, 0.2) is 65.7 Å². The summed E-state index contributed by atoms with van der Waals surface area (Å²) in [4.78, 5) is 4.85. The Hall–Kier alpha value is -2.41. The largest absolute Gasteiger partial charge is 0.247 e. The second kappa shape index (κ2) is 4.31. The van der Waals surface area contributed by atoms with E-state index in [-0.39, 0.29) is 0 Å². The zero-order valence-corrected chi connectivity index (χ0v) is 11.4. The van der Waals surface area contributed by atoms with Gasteiger partial charge in [0.05, 0.1) is 11.4 Å². The molecule has 0 aromatic heterocycles. The van der Waals surface area contributed by atoms with Crippen molar-refractivity contribution < 1.29 is 0 Å². The summed E-state index contributed by atoms with van der Waals surface area (Å²) in [7, 11) is 0. The van der Waals surface area contributed by atoms with Gasteiger partial charge in [-0.15, -0.1) is 0 Å². The fourth-order valence-electron chi connectivity index (χ4n) is 2.95. The molecule has 0 spiro atoms. The van der Waals surface area contributed by atoms with E-state index in [4.69, 9.17) is 4.99 Å². The Bertz CT molecular complexity index is 777. The quantitative estimate of drug-likeness (QED) is 0.685. The summed E-state index contributed by atoms with van der Waals surface area (Å²) in [6.07, 6.45) is 5.54. The SMILES string of the molecule is Cc1ccc2c(c1)C1=CCC=C(c3ccccc3)C1=N2. The van der Waals surface area contributed by atoms with Gasteiger partial charge in [0, 0.05) is 16.7 Å². The zero-order valence-electron chi connectivity index (χ0n) is 11.4. The molecule has 1 nitrogen and oxygen atoms in total. The van der Waals surface area contributed by atoms with E-state index in [9.17, 15) is 0 Å². The lowest BCUT2D eigenvalue weighted by atomic mass is 9.88. The lowest BCUT2D eigenvalue weighted by Gasteiger charge is -2.14. The van der Waals surface area contributed by atoms with Gasteiger partial charge in [-0.3, -0.25) is 0 Å². The molecule has 0 radical (unpaired) electrons. The van der Waals surface area contributed by atoms with Crippen LogP contribution < -0.4 is 0 Å². The molecule has 2 aromatic rings. The van der Waals surface area contributed by atoms with Crippen molar-refractivity contribution in [3.63, 3.8) is 0 Å². The van der Waals surface area contributed by atoms with Gasteiger partial charge in [0.1, 0.15) is 0 Å². The summed E-state index contributed by atoms with van der Waals surface area (Å²) < 4.78 is 0. The third kappa shape index (κ3) is 1.67. The molecule has 2 aliphatic rings. The van der Waals surface area contributed by atoms with Crippen LogP contribution in [0, 0.1) is 6.92 Å². The molecule has 2 aromatic carbocycles. The molecule has 0 amide bonds. The fourth-order valence-corrected chi connectivity index (χ4v) is 2.95. The highest BCUT2D eigenvalue weighted by Crippen LogP contribution is 2.41. The van der Waals surface area contributed by atoms with E-state index in [1.807, 2.05) is 0 Å². The smallest absolute Gasteiger partial charge is 0.0788 e. The van der Waals surface area contributed by atoms with Gasteiger partial charge >= 0.3 is 0 Å². The fraction of sp³-hybridized carbons (Fsp3) is 0.105. The minimum absolute atomic E-state index is 0.978. The van der Waals surface area contributed by atoms with Gasteiger partial charge in [-0.05, 0) is 31.0 Å². The van der Waals surface area contributed by atoms with Gasteiger partial charge in [-0.1, -0.05) is 54.1 Å². The third-order valence-electron chi connectivity index (χ3n) is 3.91. The molecule has 4 rings (SSSR count). The molecule has 1 aliphatic heterocycles. The number of rotatable bonds is 1. The molecule has 0 N–H and O–H groups in total. The molecule has 96 valence electrons. The summed E-state index contributed by atoms with van der Waals surface area (Å²) in [5.41, 5.74) is 8.60. The third-order valence-corrected chi connectivity index (χ3v) is 3.91. The lowest BCUT2D eigenvalue weighted by Crippen LogP contribution is -2.05. The molecule has 0 bridgehead atoms. The maximum absolute atomic E-state index is 4.85. The minimum atomic E-state index is 0.978.